The fourth-order valence-electron chi connectivity index (χ4n) is 4.63. The van der Waals surface area contributed by atoms with Crippen molar-refractivity contribution in [3.8, 4) is 5.69 Å². The summed E-state index contributed by atoms with van der Waals surface area (Å²) in [6.45, 7) is 6.89. The van der Waals surface area contributed by atoms with Crippen LogP contribution in [0.1, 0.15) is 44.2 Å². The van der Waals surface area contributed by atoms with E-state index in [1.165, 1.54) is 22.9 Å². The number of thioether (sulfide) groups is 1. The highest BCUT2D eigenvalue weighted by molar-refractivity contribution is 8.00. The van der Waals surface area contributed by atoms with Crippen LogP contribution < -0.4 is 10.5 Å². The molecule has 3 aromatic carbocycles. The first-order valence-electron chi connectivity index (χ1n) is 12.3. The lowest BCUT2D eigenvalue weighted by molar-refractivity contribution is -0.117. The van der Waals surface area contributed by atoms with Crippen LogP contribution in [0.3, 0.4) is 0 Å². The average Bonchev–Trinajstić information content (AvgIpc) is 3.33. The van der Waals surface area contributed by atoms with Crippen molar-refractivity contribution < 1.29 is 4.79 Å². The van der Waals surface area contributed by atoms with Crippen LogP contribution in [0.4, 0.5) is 5.69 Å². The van der Waals surface area contributed by atoms with Crippen molar-refractivity contribution in [2.45, 2.75) is 49.9 Å². The molecule has 0 saturated heterocycles. The van der Waals surface area contributed by atoms with Crippen LogP contribution in [0.5, 0.6) is 0 Å². The van der Waals surface area contributed by atoms with Crippen molar-refractivity contribution in [1.82, 2.24) is 9.55 Å². The van der Waals surface area contributed by atoms with E-state index in [4.69, 9.17) is 16.6 Å². The van der Waals surface area contributed by atoms with Gasteiger partial charge in [0.2, 0.25) is 5.91 Å². The third kappa shape index (κ3) is 4.56. The maximum Gasteiger partial charge on any atom is 0.266 e. The number of hydrogen-bond acceptors (Lipinski definition) is 4. The Morgan fingerprint density at radius 3 is 2.58 bits per heavy atom. The van der Waals surface area contributed by atoms with Gasteiger partial charge >= 0.3 is 0 Å². The normalized spacial score (nSPS) is 14.6. The first kappa shape index (κ1) is 24.6. The van der Waals surface area contributed by atoms with Crippen LogP contribution >= 0.6 is 23.4 Å². The number of benzene rings is 3. The topological polar surface area (TPSA) is 55.2 Å². The zero-order chi connectivity index (χ0) is 25.4. The monoisotopic (exact) mass is 517 g/mol. The van der Waals surface area contributed by atoms with E-state index in [2.05, 4.69) is 32.0 Å². The van der Waals surface area contributed by atoms with E-state index in [1.54, 1.807) is 22.8 Å². The van der Waals surface area contributed by atoms with Gasteiger partial charge in [-0.15, -0.1) is 0 Å². The van der Waals surface area contributed by atoms with E-state index < -0.39 is 5.25 Å². The molecule has 0 spiro atoms. The molecule has 36 heavy (non-hydrogen) atoms. The summed E-state index contributed by atoms with van der Waals surface area (Å²) in [5.74, 6) is 0.438. The Hall–Kier alpha value is -3.09. The summed E-state index contributed by atoms with van der Waals surface area (Å²) in [5.41, 5.74) is 4.45. The number of anilines is 1. The summed E-state index contributed by atoms with van der Waals surface area (Å²) in [4.78, 5) is 33.8. The van der Waals surface area contributed by atoms with Gasteiger partial charge in [0.15, 0.2) is 5.16 Å². The zero-order valence-corrected chi connectivity index (χ0v) is 22.1. The first-order chi connectivity index (χ1) is 17.4. The van der Waals surface area contributed by atoms with Gasteiger partial charge in [-0.2, -0.15) is 0 Å². The Morgan fingerprint density at radius 1 is 1.08 bits per heavy atom. The molecule has 5 nitrogen and oxygen atoms in total. The minimum absolute atomic E-state index is 0.00840. The van der Waals surface area contributed by atoms with E-state index in [0.29, 0.717) is 33.5 Å². The van der Waals surface area contributed by atoms with Gasteiger partial charge < -0.3 is 4.90 Å². The van der Waals surface area contributed by atoms with E-state index in [-0.39, 0.29) is 11.5 Å². The van der Waals surface area contributed by atoms with Gasteiger partial charge in [0.05, 0.1) is 21.8 Å². The molecule has 0 bridgehead atoms. The molecule has 1 amide bonds. The van der Waals surface area contributed by atoms with Crippen LogP contribution in [-0.2, 0) is 11.2 Å². The molecular weight excluding hydrogens is 490 g/mol. The van der Waals surface area contributed by atoms with Gasteiger partial charge in [0, 0.05) is 17.3 Å². The minimum Gasteiger partial charge on any atom is -0.311 e. The van der Waals surface area contributed by atoms with Gasteiger partial charge in [-0.25, -0.2) is 4.98 Å². The second kappa shape index (κ2) is 10.1. The van der Waals surface area contributed by atoms with Crippen molar-refractivity contribution >= 4 is 45.9 Å². The molecule has 2 unspecified atom stereocenters. The van der Waals surface area contributed by atoms with Crippen LogP contribution in [0.15, 0.2) is 76.7 Å². The highest BCUT2D eigenvalue weighted by Gasteiger charge is 2.29. The lowest BCUT2D eigenvalue weighted by atomic mass is 9.98. The second-order valence-electron chi connectivity index (χ2n) is 9.23. The Bertz CT molecular complexity index is 1500. The summed E-state index contributed by atoms with van der Waals surface area (Å²) < 4.78 is 1.60. The summed E-state index contributed by atoms with van der Waals surface area (Å²) in [5, 5.41) is 0.986. The van der Waals surface area contributed by atoms with Crippen molar-refractivity contribution in [3.63, 3.8) is 0 Å². The molecule has 4 aromatic rings. The Balaban J connectivity index is 1.55. The van der Waals surface area contributed by atoms with E-state index in [1.807, 2.05) is 42.2 Å². The third-order valence-corrected chi connectivity index (χ3v) is 8.19. The van der Waals surface area contributed by atoms with Crippen molar-refractivity contribution in [3.05, 3.63) is 93.2 Å². The maximum absolute atomic E-state index is 13.7. The maximum atomic E-state index is 13.7. The molecule has 2 atom stereocenters. The van der Waals surface area contributed by atoms with E-state index in [9.17, 15) is 9.59 Å². The van der Waals surface area contributed by atoms with Crippen molar-refractivity contribution in [2.24, 2.45) is 0 Å². The molecular formula is C29H28ClN3O2S. The highest BCUT2D eigenvalue weighted by Crippen LogP contribution is 2.32. The molecule has 0 fully saturated rings. The molecule has 184 valence electrons. The number of carbonyl (C=O) groups is 1. The number of fused-ring (bicyclic) bond motifs is 2. The van der Waals surface area contributed by atoms with Gasteiger partial charge in [-0.1, -0.05) is 67.5 Å². The second-order valence-corrected chi connectivity index (χ2v) is 11.0. The predicted molar refractivity (Wildman–Crippen MR) is 149 cm³/mol. The molecule has 0 N–H and O–H groups in total. The predicted octanol–water partition coefficient (Wildman–Crippen LogP) is 6.62. The number of para-hydroxylation sites is 1. The van der Waals surface area contributed by atoms with Gasteiger partial charge in [0.1, 0.15) is 0 Å². The molecule has 0 aliphatic carbocycles. The van der Waals surface area contributed by atoms with Crippen molar-refractivity contribution in [2.75, 3.05) is 11.4 Å². The van der Waals surface area contributed by atoms with Crippen LogP contribution in [0.25, 0.3) is 16.6 Å². The molecule has 5 rings (SSSR count). The van der Waals surface area contributed by atoms with Crippen LogP contribution in [0.2, 0.25) is 5.02 Å². The molecule has 0 radical (unpaired) electrons. The van der Waals surface area contributed by atoms with Crippen LogP contribution in [0, 0.1) is 0 Å². The molecule has 7 heteroatoms. The average molecular weight is 518 g/mol. The summed E-state index contributed by atoms with van der Waals surface area (Å²) >= 11 is 7.52. The summed E-state index contributed by atoms with van der Waals surface area (Å²) in [6, 6.07) is 21.2. The summed E-state index contributed by atoms with van der Waals surface area (Å²) in [7, 11) is 0. The number of nitrogens with zero attached hydrogens (tertiary/aromatic N) is 3. The van der Waals surface area contributed by atoms with Crippen molar-refractivity contribution in [1.29, 1.82) is 0 Å². The fourth-order valence-corrected chi connectivity index (χ4v) is 5.79. The van der Waals surface area contributed by atoms with Gasteiger partial charge in [-0.3, -0.25) is 14.2 Å². The number of aromatic nitrogens is 2. The molecule has 1 aliphatic heterocycles. The fraction of sp³-hybridized carbons (Fsp3) is 0.276. The van der Waals surface area contributed by atoms with Gasteiger partial charge in [0.25, 0.3) is 5.56 Å². The number of amides is 1. The molecule has 0 saturated carbocycles. The molecule has 1 aromatic heterocycles. The lowest BCUT2D eigenvalue weighted by Gasteiger charge is -2.22. The quantitative estimate of drug-likeness (QED) is 0.213. The first-order valence-corrected chi connectivity index (χ1v) is 13.5. The largest absolute Gasteiger partial charge is 0.311 e. The van der Waals surface area contributed by atoms with E-state index >= 15 is 0 Å². The lowest BCUT2D eigenvalue weighted by Crippen LogP contribution is -2.35. The van der Waals surface area contributed by atoms with Gasteiger partial charge in [-0.05, 0) is 73.2 Å². The Kier molecular flexibility index (Phi) is 6.91. The van der Waals surface area contributed by atoms with E-state index in [0.717, 1.165) is 24.2 Å². The smallest absolute Gasteiger partial charge is 0.266 e. The number of halogens is 1. The standard InChI is InChI=1S/C29H28ClN3O2S/c1-4-18(2)20-9-12-23(13-10-20)33-28(35)24-17-22(30)11-14-25(24)31-29(33)36-19(3)27(34)32-16-15-21-7-5-6-8-26(21)32/h5-14,17-19H,4,15-16H2,1-3H3. The number of carbonyl (C=O) groups excluding carboxylic acids is 1. The summed E-state index contributed by atoms with van der Waals surface area (Å²) in [6.07, 6.45) is 1.89. The Morgan fingerprint density at radius 2 is 1.83 bits per heavy atom. The minimum atomic E-state index is -0.432. The number of rotatable bonds is 6. The molecule has 1 aliphatic rings. The number of hydrogen-bond donors (Lipinski definition) is 0. The third-order valence-electron chi connectivity index (χ3n) is 6.92. The SMILES string of the molecule is CCC(C)c1ccc(-n2c(SC(C)C(=O)N3CCc4ccccc43)nc3ccc(Cl)cc3c2=O)cc1. The Labute approximate surface area is 220 Å². The molecule has 2 heterocycles. The zero-order valence-electron chi connectivity index (χ0n) is 20.6. The highest BCUT2D eigenvalue weighted by atomic mass is 35.5. The van der Waals surface area contributed by atoms with Crippen LogP contribution in [-0.4, -0.2) is 27.3 Å².